The largest absolute Gasteiger partial charge is 0.494 e. The molecule has 0 unspecified atom stereocenters. The Bertz CT molecular complexity index is 966. The Morgan fingerprint density at radius 3 is 2.25 bits per heavy atom. The van der Waals surface area contributed by atoms with Crippen LogP contribution in [0.25, 0.3) is 11.1 Å². The highest BCUT2D eigenvalue weighted by Crippen LogP contribution is 2.23. The maximum absolute atomic E-state index is 12.5. The summed E-state index contributed by atoms with van der Waals surface area (Å²) in [5.74, 6) is -0.641. The normalized spacial score (nSPS) is 10.3. The molecule has 0 radical (unpaired) electrons. The highest BCUT2D eigenvalue weighted by Gasteiger charge is 2.13. The summed E-state index contributed by atoms with van der Waals surface area (Å²) in [7, 11) is 0. The van der Waals surface area contributed by atoms with Crippen molar-refractivity contribution in [1.29, 1.82) is 0 Å². The number of ether oxygens (including phenoxy) is 1. The predicted octanol–water partition coefficient (Wildman–Crippen LogP) is 4.75. The maximum atomic E-state index is 12.5. The van der Waals surface area contributed by atoms with Gasteiger partial charge in [-0.05, 0) is 30.2 Å². The number of Topliss-reactive ketones (excluding diaryl/α,β-unsaturated/α-hetero) is 1. The van der Waals surface area contributed by atoms with Crippen molar-refractivity contribution in [3.8, 4) is 16.9 Å². The maximum Gasteiger partial charge on any atom is 0.337 e. The standard InChI is InChI=1S/C23H21NO4/c1-2-28-19-12-13-20(23(26)27)21(14-19)24-15-22(25)18-10-8-17(9-11-18)16-6-4-3-5-7-16/h3-14,24H,2,15H2,1H3,(H,26,27). The summed E-state index contributed by atoms with van der Waals surface area (Å²) in [5, 5.41) is 12.3. The molecule has 0 spiro atoms. The molecule has 2 N–H and O–H groups in total. The van der Waals surface area contributed by atoms with Gasteiger partial charge in [0, 0.05) is 11.6 Å². The number of ketones is 1. The Morgan fingerprint density at radius 2 is 1.61 bits per heavy atom. The highest BCUT2D eigenvalue weighted by molar-refractivity contribution is 6.01. The Kier molecular flexibility index (Phi) is 6.07. The van der Waals surface area contributed by atoms with E-state index in [1.165, 1.54) is 6.07 Å². The molecule has 0 heterocycles. The molecule has 0 aliphatic carbocycles. The van der Waals surface area contributed by atoms with Crippen molar-refractivity contribution in [2.45, 2.75) is 6.92 Å². The van der Waals surface area contributed by atoms with E-state index in [2.05, 4.69) is 5.32 Å². The zero-order valence-corrected chi connectivity index (χ0v) is 15.5. The van der Waals surface area contributed by atoms with Crippen molar-refractivity contribution < 1.29 is 19.4 Å². The average Bonchev–Trinajstić information content (AvgIpc) is 2.73. The minimum absolute atomic E-state index is 0.0134. The van der Waals surface area contributed by atoms with E-state index in [1.807, 2.05) is 49.4 Å². The van der Waals surface area contributed by atoms with E-state index in [-0.39, 0.29) is 17.9 Å². The molecular formula is C23H21NO4. The lowest BCUT2D eigenvalue weighted by molar-refractivity contribution is 0.0697. The SMILES string of the molecule is CCOc1ccc(C(=O)O)c(NCC(=O)c2ccc(-c3ccccc3)cc2)c1. The summed E-state index contributed by atoms with van der Waals surface area (Å²) >= 11 is 0. The number of carbonyl (C=O) groups is 2. The van der Waals surface area contributed by atoms with Gasteiger partial charge in [-0.3, -0.25) is 4.79 Å². The first-order valence-electron chi connectivity index (χ1n) is 9.01. The zero-order valence-electron chi connectivity index (χ0n) is 15.5. The molecule has 0 amide bonds. The van der Waals surface area contributed by atoms with Crippen molar-refractivity contribution in [2.24, 2.45) is 0 Å². The van der Waals surface area contributed by atoms with E-state index in [4.69, 9.17) is 4.74 Å². The van der Waals surface area contributed by atoms with Gasteiger partial charge < -0.3 is 15.2 Å². The van der Waals surface area contributed by atoms with E-state index < -0.39 is 5.97 Å². The van der Waals surface area contributed by atoms with Crippen LogP contribution in [-0.2, 0) is 0 Å². The third kappa shape index (κ3) is 4.57. The molecule has 3 aromatic carbocycles. The number of carbonyl (C=O) groups excluding carboxylic acids is 1. The minimum atomic E-state index is -1.06. The van der Waals surface area contributed by atoms with Crippen LogP contribution in [0, 0.1) is 0 Å². The van der Waals surface area contributed by atoms with Crippen LogP contribution in [0.5, 0.6) is 5.75 Å². The fraction of sp³-hybridized carbons (Fsp3) is 0.130. The number of hydrogen-bond acceptors (Lipinski definition) is 4. The third-order valence-electron chi connectivity index (χ3n) is 4.29. The number of aromatic carboxylic acids is 1. The van der Waals surface area contributed by atoms with Crippen LogP contribution in [-0.4, -0.2) is 30.0 Å². The first-order chi connectivity index (χ1) is 13.6. The molecule has 5 heteroatoms. The van der Waals surface area contributed by atoms with Gasteiger partial charge in [0.1, 0.15) is 5.75 Å². The van der Waals surface area contributed by atoms with E-state index >= 15 is 0 Å². The first kappa shape index (κ1) is 19.2. The number of hydrogen-bond donors (Lipinski definition) is 2. The monoisotopic (exact) mass is 375 g/mol. The second-order valence-electron chi connectivity index (χ2n) is 6.17. The molecule has 28 heavy (non-hydrogen) atoms. The van der Waals surface area contributed by atoms with Crippen molar-refractivity contribution in [3.63, 3.8) is 0 Å². The Hall–Kier alpha value is -3.60. The quantitative estimate of drug-likeness (QED) is 0.556. The molecule has 0 saturated carbocycles. The summed E-state index contributed by atoms with van der Waals surface area (Å²) in [5.41, 5.74) is 3.12. The third-order valence-corrected chi connectivity index (χ3v) is 4.29. The van der Waals surface area contributed by atoms with Gasteiger partial charge in [-0.25, -0.2) is 4.79 Å². The van der Waals surface area contributed by atoms with E-state index in [0.717, 1.165) is 11.1 Å². The van der Waals surface area contributed by atoms with E-state index in [0.29, 0.717) is 23.6 Å². The smallest absolute Gasteiger partial charge is 0.337 e. The first-order valence-corrected chi connectivity index (χ1v) is 9.01. The number of carboxylic acids is 1. The van der Waals surface area contributed by atoms with Crippen LogP contribution in [0.4, 0.5) is 5.69 Å². The number of benzene rings is 3. The summed E-state index contributed by atoms with van der Waals surface area (Å²) in [4.78, 5) is 23.9. The van der Waals surface area contributed by atoms with Gasteiger partial charge in [0.2, 0.25) is 0 Å². The van der Waals surface area contributed by atoms with Crippen LogP contribution in [0.3, 0.4) is 0 Å². The molecule has 0 atom stereocenters. The van der Waals surface area contributed by atoms with Crippen molar-refractivity contribution >= 4 is 17.4 Å². The molecule has 5 nitrogen and oxygen atoms in total. The summed E-state index contributed by atoms with van der Waals surface area (Å²) < 4.78 is 5.41. The fourth-order valence-electron chi connectivity index (χ4n) is 2.87. The lowest BCUT2D eigenvalue weighted by atomic mass is 10.0. The minimum Gasteiger partial charge on any atom is -0.494 e. The fourth-order valence-corrected chi connectivity index (χ4v) is 2.87. The predicted molar refractivity (Wildman–Crippen MR) is 109 cm³/mol. The average molecular weight is 375 g/mol. The van der Waals surface area contributed by atoms with Crippen molar-refractivity contribution in [3.05, 3.63) is 83.9 Å². The summed E-state index contributed by atoms with van der Waals surface area (Å²) in [6.45, 7) is 2.31. The Balaban J connectivity index is 1.71. The zero-order chi connectivity index (χ0) is 19.9. The van der Waals surface area contributed by atoms with Gasteiger partial charge >= 0.3 is 5.97 Å². The van der Waals surface area contributed by atoms with Gasteiger partial charge in [0.15, 0.2) is 5.78 Å². The molecule has 0 aromatic heterocycles. The van der Waals surface area contributed by atoms with Gasteiger partial charge in [-0.1, -0.05) is 54.6 Å². The number of nitrogens with one attached hydrogen (secondary N) is 1. The lowest BCUT2D eigenvalue weighted by Gasteiger charge is -2.12. The van der Waals surface area contributed by atoms with E-state index in [9.17, 15) is 14.7 Å². The van der Waals surface area contributed by atoms with Gasteiger partial charge in [0.05, 0.1) is 24.4 Å². The highest BCUT2D eigenvalue weighted by atomic mass is 16.5. The summed E-state index contributed by atoms with van der Waals surface area (Å²) in [6, 6.07) is 21.9. The second-order valence-corrected chi connectivity index (χ2v) is 6.17. The van der Waals surface area contributed by atoms with Crippen molar-refractivity contribution in [1.82, 2.24) is 0 Å². The number of rotatable bonds is 8. The molecular weight excluding hydrogens is 354 g/mol. The Labute approximate surface area is 163 Å². The molecule has 0 bridgehead atoms. The van der Waals surface area contributed by atoms with Crippen LogP contribution >= 0.6 is 0 Å². The van der Waals surface area contributed by atoms with E-state index in [1.54, 1.807) is 24.3 Å². The molecule has 3 aromatic rings. The Morgan fingerprint density at radius 1 is 0.929 bits per heavy atom. The number of anilines is 1. The topological polar surface area (TPSA) is 75.6 Å². The molecule has 0 aliphatic rings. The molecule has 3 rings (SSSR count). The summed E-state index contributed by atoms with van der Waals surface area (Å²) in [6.07, 6.45) is 0. The van der Waals surface area contributed by atoms with Crippen LogP contribution in [0.15, 0.2) is 72.8 Å². The van der Waals surface area contributed by atoms with Gasteiger partial charge in [0.25, 0.3) is 0 Å². The molecule has 142 valence electrons. The van der Waals surface area contributed by atoms with Crippen molar-refractivity contribution in [2.75, 3.05) is 18.5 Å². The second kappa shape index (κ2) is 8.86. The molecule has 0 fully saturated rings. The van der Waals surface area contributed by atoms with Crippen LogP contribution in [0.1, 0.15) is 27.6 Å². The van der Waals surface area contributed by atoms with Gasteiger partial charge in [-0.2, -0.15) is 0 Å². The molecule has 0 aliphatic heterocycles. The molecule has 0 saturated heterocycles. The lowest BCUT2D eigenvalue weighted by Crippen LogP contribution is -2.16. The van der Waals surface area contributed by atoms with Gasteiger partial charge in [-0.15, -0.1) is 0 Å². The number of carboxylic acid groups (broad SMARTS) is 1. The van der Waals surface area contributed by atoms with Crippen LogP contribution < -0.4 is 10.1 Å². The van der Waals surface area contributed by atoms with Crippen LogP contribution in [0.2, 0.25) is 0 Å².